The summed E-state index contributed by atoms with van der Waals surface area (Å²) >= 11 is 4.99. The van der Waals surface area contributed by atoms with Crippen LogP contribution in [0.15, 0.2) is 6.07 Å². The fourth-order valence-electron chi connectivity index (χ4n) is 0.617. The predicted molar refractivity (Wildman–Crippen MR) is 37.5 cm³/mol. The number of nitrogens with zero attached hydrogens (tertiary/aromatic N) is 2. The van der Waals surface area contributed by atoms with Crippen molar-refractivity contribution in [2.75, 3.05) is 0 Å². The highest BCUT2D eigenvalue weighted by atomic mass is 27.1. The molecule has 0 aromatic carbocycles. The summed E-state index contributed by atoms with van der Waals surface area (Å²) in [5.41, 5.74) is 1.00. The highest BCUT2D eigenvalue weighted by Crippen LogP contribution is 1.78. The number of rotatable bonds is 0. The summed E-state index contributed by atoms with van der Waals surface area (Å²) in [5.74, 6) is 0. The molecule has 0 fully saturated rings. The zero-order valence-electron chi connectivity index (χ0n) is 5.13. The van der Waals surface area contributed by atoms with Crippen LogP contribution in [0.5, 0.6) is 0 Å². The van der Waals surface area contributed by atoms with Gasteiger partial charge in [0, 0.05) is 10.4 Å². The molecule has 4 radical (unpaired) electrons. The van der Waals surface area contributed by atoms with Crippen LogP contribution >= 0.6 is 0 Å². The van der Waals surface area contributed by atoms with Gasteiger partial charge in [0.2, 0.25) is 32.6 Å². The highest BCUT2D eigenvalue weighted by Gasteiger charge is 1.88. The van der Waals surface area contributed by atoms with Crippen LogP contribution in [0, 0.1) is 6.92 Å². The van der Waals surface area contributed by atoms with Crippen LogP contribution in [-0.2, 0) is 0 Å². The van der Waals surface area contributed by atoms with Crippen molar-refractivity contribution in [3.63, 3.8) is 0 Å². The molecule has 1 aromatic heterocycles. The number of aromatic nitrogens is 2. The smallest absolute Gasteiger partial charge is 0.244 e. The Morgan fingerprint density at radius 3 is 2.44 bits per heavy atom. The molecular weight excluding hydrogens is 142 g/mol. The Hall–Kier alpha value is 0.145. The maximum atomic E-state index is 4.07. The second-order valence-electron chi connectivity index (χ2n) is 1.79. The minimum absolute atomic E-state index is 0.750. The van der Waals surface area contributed by atoms with Gasteiger partial charge in [0.05, 0.1) is 0 Å². The molecule has 1 aromatic rings. The number of hydrogen-bond acceptors (Lipinski definition) is 2. The lowest BCUT2D eigenvalue weighted by molar-refractivity contribution is 1.18. The van der Waals surface area contributed by atoms with Gasteiger partial charge in [-0.2, -0.15) is 0 Å². The summed E-state index contributed by atoms with van der Waals surface area (Å²) < 4.78 is 1.69. The van der Waals surface area contributed by atoms with Gasteiger partial charge in [0.25, 0.3) is 0 Å². The minimum Gasteiger partial charge on any atom is -0.282 e. The summed E-state index contributed by atoms with van der Waals surface area (Å²) in [6.45, 7) is 1.95. The minimum atomic E-state index is 0.750. The van der Waals surface area contributed by atoms with Crippen LogP contribution < -0.4 is 9.24 Å². The van der Waals surface area contributed by atoms with Crippen molar-refractivity contribution in [3.8, 4) is 0 Å². The summed E-state index contributed by atoms with van der Waals surface area (Å²) in [6.07, 6.45) is 0. The molecule has 1 heterocycles. The zero-order chi connectivity index (χ0) is 6.85. The van der Waals surface area contributed by atoms with E-state index in [2.05, 4.69) is 42.5 Å². The lowest BCUT2D eigenvalue weighted by atomic mass is 10.5. The number of hydrogen-bond donors (Lipinski definition) is 0. The van der Waals surface area contributed by atoms with Crippen molar-refractivity contribution in [2.45, 2.75) is 6.92 Å². The van der Waals surface area contributed by atoms with E-state index in [9.17, 15) is 0 Å². The Kier molecular flexibility index (Phi) is 2.27. The van der Waals surface area contributed by atoms with E-state index in [0.717, 1.165) is 14.9 Å². The van der Waals surface area contributed by atoms with Gasteiger partial charge >= 0.3 is 0 Å². The normalized spacial score (nSPS) is 9.44. The van der Waals surface area contributed by atoms with Crippen molar-refractivity contribution in [1.29, 1.82) is 0 Å². The van der Waals surface area contributed by atoms with Gasteiger partial charge in [-0.05, 0) is 13.0 Å². The second-order valence-corrected chi connectivity index (χ2v) is 2.90. The molecule has 0 N–H and O–H groups in total. The fraction of sp³-hybridized carbons (Fsp3) is 0.200. The summed E-state index contributed by atoms with van der Waals surface area (Å²) in [4.78, 5) is 8.12. The molecule has 0 saturated carbocycles. The van der Waals surface area contributed by atoms with E-state index in [0.29, 0.717) is 0 Å². The fourth-order valence-corrected chi connectivity index (χ4v) is 1.49. The monoisotopic (exact) mass is 146 g/mol. The van der Waals surface area contributed by atoms with Gasteiger partial charge in [0.1, 0.15) is 0 Å². The quantitative estimate of drug-likeness (QED) is 0.411. The average Bonchev–Trinajstić information content (AvgIpc) is 1.59. The first-order valence-electron chi connectivity index (χ1n) is 2.55. The lowest BCUT2D eigenvalue weighted by Crippen LogP contribution is -2.24. The average molecular weight is 146 g/mol. The van der Waals surface area contributed by atoms with Gasteiger partial charge in [-0.15, -0.1) is 0 Å². The first-order chi connectivity index (χ1) is 4.18. The van der Waals surface area contributed by atoms with Crippen molar-refractivity contribution in [3.05, 3.63) is 11.8 Å². The zero-order valence-corrected chi connectivity index (χ0v) is 7.44. The lowest BCUT2D eigenvalue weighted by Gasteiger charge is -1.97. The topological polar surface area (TPSA) is 25.8 Å². The molecule has 0 bridgehead atoms. The van der Waals surface area contributed by atoms with E-state index < -0.39 is 0 Å². The maximum absolute atomic E-state index is 4.07. The molecule has 40 valence electrons. The standard InChI is InChI=1S/C5H4N2.2Al/c1-5-2-3-6-4-7-5;;/h2H,1H3;;. The Labute approximate surface area is 70.6 Å². The van der Waals surface area contributed by atoms with Crippen LogP contribution in [-0.4, -0.2) is 42.5 Å². The van der Waals surface area contributed by atoms with Gasteiger partial charge < -0.3 is 0 Å². The van der Waals surface area contributed by atoms with Crippen molar-refractivity contribution < 1.29 is 0 Å². The highest BCUT2D eigenvalue weighted by molar-refractivity contribution is 6.33. The molecule has 0 unspecified atom stereocenters. The van der Waals surface area contributed by atoms with Crippen molar-refractivity contribution in [2.24, 2.45) is 0 Å². The summed E-state index contributed by atoms with van der Waals surface area (Å²) in [7, 11) is 0. The van der Waals surface area contributed by atoms with Crippen LogP contribution in [0.1, 0.15) is 5.69 Å². The molecule has 0 atom stereocenters. The Balaban J connectivity index is 3.17. The molecule has 0 saturated heterocycles. The van der Waals surface area contributed by atoms with Crippen molar-refractivity contribution >= 4 is 41.8 Å². The molecule has 0 aliphatic heterocycles. The number of aryl methyl sites for hydroxylation is 1. The van der Waals surface area contributed by atoms with Crippen LogP contribution in [0.4, 0.5) is 0 Å². The Bertz CT molecular complexity index is 174. The largest absolute Gasteiger partial charge is 0.282 e. The Morgan fingerprint density at radius 1 is 1.33 bits per heavy atom. The predicted octanol–water partition coefficient (Wildman–Crippen LogP) is -1.63. The van der Waals surface area contributed by atoms with Gasteiger partial charge in [-0.1, -0.05) is 4.56 Å². The molecule has 0 aliphatic carbocycles. The van der Waals surface area contributed by atoms with E-state index in [4.69, 9.17) is 0 Å². The Morgan fingerprint density at radius 2 is 2.00 bits per heavy atom. The molecule has 0 amide bonds. The molecule has 4 heteroatoms. The van der Waals surface area contributed by atoms with Gasteiger partial charge in [-0.25, -0.2) is 0 Å². The summed E-state index contributed by atoms with van der Waals surface area (Å²) in [6, 6.07) is 1.91. The molecule has 0 aliphatic rings. The molecule has 9 heavy (non-hydrogen) atoms. The molecular formula is C5H4Al2N2. The van der Waals surface area contributed by atoms with E-state index in [1.807, 2.05) is 13.0 Å². The SMILES string of the molecule is Cc1c[c]([Al])n[c]([Al])n1. The van der Waals surface area contributed by atoms with E-state index in [-0.39, 0.29) is 0 Å². The molecule has 2 nitrogen and oxygen atoms in total. The van der Waals surface area contributed by atoms with E-state index in [1.165, 1.54) is 0 Å². The van der Waals surface area contributed by atoms with Crippen LogP contribution in [0.2, 0.25) is 0 Å². The molecule has 1 rings (SSSR count). The van der Waals surface area contributed by atoms with Gasteiger partial charge in [0.15, 0.2) is 0 Å². The third kappa shape index (κ3) is 2.09. The third-order valence-electron chi connectivity index (χ3n) is 0.891. The molecule has 0 spiro atoms. The first-order valence-corrected chi connectivity index (χ1v) is 3.70. The maximum Gasteiger partial charge on any atom is 0.244 e. The van der Waals surface area contributed by atoms with Crippen LogP contribution in [0.25, 0.3) is 0 Å². The van der Waals surface area contributed by atoms with E-state index in [1.54, 1.807) is 0 Å². The van der Waals surface area contributed by atoms with Gasteiger partial charge in [-0.3, -0.25) is 9.97 Å². The van der Waals surface area contributed by atoms with Crippen molar-refractivity contribution in [1.82, 2.24) is 9.97 Å². The first kappa shape index (κ1) is 7.25. The van der Waals surface area contributed by atoms with Crippen LogP contribution in [0.3, 0.4) is 0 Å². The van der Waals surface area contributed by atoms with E-state index >= 15 is 0 Å². The third-order valence-corrected chi connectivity index (χ3v) is 1.45. The summed E-state index contributed by atoms with van der Waals surface area (Å²) in [5, 5.41) is 0. The second kappa shape index (κ2) is 2.82.